The summed E-state index contributed by atoms with van der Waals surface area (Å²) in [6.07, 6.45) is 0. The molecule has 1 fully saturated rings. The van der Waals surface area contributed by atoms with Crippen LogP contribution in [0.25, 0.3) is 11.5 Å². The molecule has 0 bridgehead atoms. The van der Waals surface area contributed by atoms with Gasteiger partial charge in [-0.1, -0.05) is 11.2 Å². The highest BCUT2D eigenvalue weighted by molar-refractivity contribution is 5.52. The maximum absolute atomic E-state index is 13.0. The van der Waals surface area contributed by atoms with E-state index < -0.39 is 0 Å². The standard InChI is InChI=1S/C11H10FN3O/c12-9-3-1-2-7(4-9)11-14-10(15-16-11)8-5-13-6-8/h1-4,8,13H,5-6H2. The summed E-state index contributed by atoms with van der Waals surface area (Å²) in [5.74, 6) is 1.09. The summed E-state index contributed by atoms with van der Waals surface area (Å²) in [4.78, 5) is 4.26. The van der Waals surface area contributed by atoms with Crippen LogP contribution in [0.3, 0.4) is 0 Å². The van der Waals surface area contributed by atoms with E-state index in [4.69, 9.17) is 4.52 Å². The van der Waals surface area contributed by atoms with Crippen molar-refractivity contribution in [1.29, 1.82) is 0 Å². The summed E-state index contributed by atoms with van der Waals surface area (Å²) in [5.41, 5.74) is 0.617. The minimum Gasteiger partial charge on any atom is -0.334 e. The summed E-state index contributed by atoms with van der Waals surface area (Å²) in [5, 5.41) is 7.03. The van der Waals surface area contributed by atoms with Crippen molar-refractivity contribution < 1.29 is 8.91 Å². The molecule has 1 aromatic heterocycles. The summed E-state index contributed by atoms with van der Waals surface area (Å²) in [6.45, 7) is 1.75. The molecule has 0 saturated carbocycles. The van der Waals surface area contributed by atoms with Crippen LogP contribution in [0, 0.1) is 5.82 Å². The van der Waals surface area contributed by atoms with Gasteiger partial charge in [-0.3, -0.25) is 0 Å². The first-order valence-corrected chi connectivity index (χ1v) is 5.13. The molecular weight excluding hydrogens is 209 g/mol. The third-order valence-electron chi connectivity index (χ3n) is 2.66. The zero-order chi connectivity index (χ0) is 11.0. The van der Waals surface area contributed by atoms with E-state index in [1.54, 1.807) is 12.1 Å². The molecule has 0 atom stereocenters. The van der Waals surface area contributed by atoms with Gasteiger partial charge in [-0.05, 0) is 18.2 Å². The molecule has 2 heterocycles. The first-order chi connectivity index (χ1) is 7.83. The topological polar surface area (TPSA) is 51.0 Å². The first kappa shape index (κ1) is 9.47. The van der Waals surface area contributed by atoms with Crippen LogP contribution in [0.1, 0.15) is 11.7 Å². The normalized spacial score (nSPS) is 16.1. The molecule has 4 nitrogen and oxygen atoms in total. The van der Waals surface area contributed by atoms with E-state index in [2.05, 4.69) is 15.5 Å². The van der Waals surface area contributed by atoms with Gasteiger partial charge in [0.05, 0.1) is 0 Å². The van der Waals surface area contributed by atoms with Crippen LogP contribution in [0.4, 0.5) is 4.39 Å². The van der Waals surface area contributed by atoms with Crippen molar-refractivity contribution >= 4 is 0 Å². The lowest BCUT2D eigenvalue weighted by Gasteiger charge is -2.23. The Kier molecular flexibility index (Phi) is 2.18. The van der Waals surface area contributed by atoms with Crippen LogP contribution in [0.15, 0.2) is 28.8 Å². The second-order valence-electron chi connectivity index (χ2n) is 3.82. The molecule has 1 N–H and O–H groups in total. The Bertz CT molecular complexity index is 507. The van der Waals surface area contributed by atoms with Crippen LogP contribution in [0.5, 0.6) is 0 Å². The summed E-state index contributed by atoms with van der Waals surface area (Å²) >= 11 is 0. The fourth-order valence-electron chi connectivity index (χ4n) is 1.61. The SMILES string of the molecule is Fc1cccc(-c2nc(C3CNC3)no2)c1. The minimum absolute atomic E-state index is 0.303. The Morgan fingerprint density at radius 2 is 2.25 bits per heavy atom. The van der Waals surface area contributed by atoms with E-state index in [-0.39, 0.29) is 5.82 Å². The Morgan fingerprint density at radius 3 is 2.94 bits per heavy atom. The molecule has 1 aliphatic rings. The molecule has 0 unspecified atom stereocenters. The van der Waals surface area contributed by atoms with Crippen LogP contribution < -0.4 is 5.32 Å². The molecule has 0 spiro atoms. The molecule has 1 aliphatic heterocycles. The fourth-order valence-corrected chi connectivity index (χ4v) is 1.61. The van der Waals surface area contributed by atoms with Gasteiger partial charge in [-0.25, -0.2) is 4.39 Å². The third-order valence-corrected chi connectivity index (χ3v) is 2.66. The van der Waals surface area contributed by atoms with Crippen molar-refractivity contribution in [2.24, 2.45) is 0 Å². The first-order valence-electron chi connectivity index (χ1n) is 5.13. The van der Waals surface area contributed by atoms with Gasteiger partial charge in [0, 0.05) is 24.6 Å². The van der Waals surface area contributed by atoms with Crippen molar-refractivity contribution in [3.8, 4) is 11.5 Å². The molecule has 1 saturated heterocycles. The predicted molar refractivity (Wildman–Crippen MR) is 55.3 cm³/mol. The van der Waals surface area contributed by atoms with Crippen molar-refractivity contribution in [3.05, 3.63) is 35.9 Å². The molecule has 0 aliphatic carbocycles. The lowest BCUT2D eigenvalue weighted by molar-refractivity contribution is 0.382. The number of rotatable bonds is 2. The van der Waals surface area contributed by atoms with Gasteiger partial charge in [0.2, 0.25) is 0 Å². The van der Waals surface area contributed by atoms with Crippen molar-refractivity contribution in [2.75, 3.05) is 13.1 Å². The molecule has 0 amide bonds. The van der Waals surface area contributed by atoms with Gasteiger partial charge in [0.1, 0.15) is 5.82 Å². The molecule has 0 radical (unpaired) electrons. The van der Waals surface area contributed by atoms with E-state index in [0.717, 1.165) is 13.1 Å². The highest BCUT2D eigenvalue weighted by atomic mass is 19.1. The largest absolute Gasteiger partial charge is 0.334 e. The van der Waals surface area contributed by atoms with Gasteiger partial charge >= 0.3 is 0 Å². The Balaban J connectivity index is 1.91. The summed E-state index contributed by atoms with van der Waals surface area (Å²) in [6, 6.07) is 6.14. The average molecular weight is 219 g/mol. The van der Waals surface area contributed by atoms with E-state index in [1.165, 1.54) is 12.1 Å². The quantitative estimate of drug-likeness (QED) is 0.832. The zero-order valence-corrected chi connectivity index (χ0v) is 8.48. The molecule has 1 aromatic carbocycles. The second-order valence-corrected chi connectivity index (χ2v) is 3.82. The monoisotopic (exact) mass is 219 g/mol. The molecule has 2 aromatic rings. The molecule has 82 valence electrons. The smallest absolute Gasteiger partial charge is 0.258 e. The molecule has 3 rings (SSSR count). The van der Waals surface area contributed by atoms with Crippen molar-refractivity contribution in [1.82, 2.24) is 15.5 Å². The lowest BCUT2D eigenvalue weighted by Crippen LogP contribution is -2.40. The van der Waals surface area contributed by atoms with Crippen LogP contribution >= 0.6 is 0 Å². The maximum atomic E-state index is 13.0. The minimum atomic E-state index is -0.303. The van der Waals surface area contributed by atoms with Crippen LogP contribution in [-0.4, -0.2) is 23.2 Å². The fraction of sp³-hybridized carbons (Fsp3) is 0.273. The molecule has 5 heteroatoms. The van der Waals surface area contributed by atoms with E-state index in [9.17, 15) is 4.39 Å². The van der Waals surface area contributed by atoms with Gasteiger partial charge in [-0.2, -0.15) is 4.98 Å². The summed E-state index contributed by atoms with van der Waals surface area (Å²) in [7, 11) is 0. The van der Waals surface area contributed by atoms with Crippen molar-refractivity contribution in [2.45, 2.75) is 5.92 Å². The lowest BCUT2D eigenvalue weighted by atomic mass is 10.0. The number of nitrogens with one attached hydrogen (secondary N) is 1. The number of hydrogen-bond donors (Lipinski definition) is 1. The number of halogens is 1. The highest BCUT2D eigenvalue weighted by Gasteiger charge is 2.24. The molecule has 16 heavy (non-hydrogen) atoms. The van der Waals surface area contributed by atoms with E-state index in [0.29, 0.717) is 23.2 Å². The Hall–Kier alpha value is -1.75. The highest BCUT2D eigenvalue weighted by Crippen LogP contribution is 2.22. The van der Waals surface area contributed by atoms with E-state index in [1.807, 2.05) is 0 Å². The average Bonchev–Trinajstić information content (AvgIpc) is 2.64. The van der Waals surface area contributed by atoms with Gasteiger partial charge < -0.3 is 9.84 Å². The summed E-state index contributed by atoms with van der Waals surface area (Å²) < 4.78 is 18.1. The second kappa shape index (κ2) is 3.68. The predicted octanol–water partition coefficient (Wildman–Crippen LogP) is 1.56. The number of benzene rings is 1. The molecular formula is C11H10FN3O. The Morgan fingerprint density at radius 1 is 1.38 bits per heavy atom. The van der Waals surface area contributed by atoms with Gasteiger partial charge in [-0.15, -0.1) is 0 Å². The van der Waals surface area contributed by atoms with Crippen LogP contribution in [-0.2, 0) is 0 Å². The number of hydrogen-bond acceptors (Lipinski definition) is 4. The van der Waals surface area contributed by atoms with Gasteiger partial charge in [0.25, 0.3) is 5.89 Å². The van der Waals surface area contributed by atoms with Crippen molar-refractivity contribution in [3.63, 3.8) is 0 Å². The van der Waals surface area contributed by atoms with Crippen LogP contribution in [0.2, 0.25) is 0 Å². The number of aromatic nitrogens is 2. The van der Waals surface area contributed by atoms with E-state index >= 15 is 0 Å². The van der Waals surface area contributed by atoms with Gasteiger partial charge in [0.15, 0.2) is 5.82 Å². The maximum Gasteiger partial charge on any atom is 0.258 e. The third kappa shape index (κ3) is 1.59. The Labute approximate surface area is 91.5 Å². The number of nitrogens with zero attached hydrogens (tertiary/aromatic N) is 2. The zero-order valence-electron chi connectivity index (χ0n) is 8.48.